The summed E-state index contributed by atoms with van der Waals surface area (Å²) in [6, 6.07) is 0. The number of rotatable bonds is 3. The standard InChI is InChI=1S/C6H12N6S2/c1-3(9-11-5(7)13)4(2)10-12-6(8)14/h1-2H3,(H3,7,11,13)(H3,8,12,14)/b9-3+,10-4?. The number of hydrazone groups is 2. The second-order valence-corrected chi connectivity index (χ2v) is 3.23. The molecule has 0 amide bonds. The first-order valence-electron chi connectivity index (χ1n) is 3.63. The van der Waals surface area contributed by atoms with Gasteiger partial charge in [-0.25, -0.2) is 0 Å². The molecule has 0 heterocycles. The third-order valence-corrected chi connectivity index (χ3v) is 1.37. The van der Waals surface area contributed by atoms with E-state index in [0.29, 0.717) is 11.4 Å². The fourth-order valence-electron chi connectivity index (χ4n) is 0.440. The van der Waals surface area contributed by atoms with Crippen LogP contribution in [0.25, 0.3) is 0 Å². The Hall–Kier alpha value is -1.28. The lowest BCUT2D eigenvalue weighted by Gasteiger charge is -2.01. The van der Waals surface area contributed by atoms with Crippen LogP contribution in [0, 0.1) is 0 Å². The van der Waals surface area contributed by atoms with Gasteiger partial charge in [0.15, 0.2) is 10.2 Å². The van der Waals surface area contributed by atoms with E-state index in [-0.39, 0.29) is 10.2 Å². The molecule has 14 heavy (non-hydrogen) atoms. The number of thiocarbonyl (C=S) groups is 2. The summed E-state index contributed by atoms with van der Waals surface area (Å²) < 4.78 is 0. The third-order valence-electron chi connectivity index (χ3n) is 1.19. The predicted molar refractivity (Wildman–Crippen MR) is 66.1 cm³/mol. The van der Waals surface area contributed by atoms with Crippen molar-refractivity contribution in [2.24, 2.45) is 21.7 Å². The van der Waals surface area contributed by atoms with Crippen LogP contribution in [0.3, 0.4) is 0 Å². The molecule has 0 radical (unpaired) electrons. The normalized spacial score (nSPS) is 12.1. The highest BCUT2D eigenvalue weighted by Crippen LogP contribution is 1.81. The van der Waals surface area contributed by atoms with Gasteiger partial charge in [-0.3, -0.25) is 10.9 Å². The van der Waals surface area contributed by atoms with E-state index in [1.807, 2.05) is 0 Å². The first-order chi connectivity index (χ1) is 6.43. The van der Waals surface area contributed by atoms with Crippen molar-refractivity contribution in [3.05, 3.63) is 0 Å². The van der Waals surface area contributed by atoms with Crippen LogP contribution in [-0.2, 0) is 0 Å². The molecule has 0 spiro atoms. The van der Waals surface area contributed by atoms with Crippen molar-refractivity contribution in [2.75, 3.05) is 0 Å². The first kappa shape index (κ1) is 12.7. The minimum Gasteiger partial charge on any atom is -0.375 e. The van der Waals surface area contributed by atoms with E-state index in [2.05, 4.69) is 45.5 Å². The molecule has 0 aliphatic rings. The molecular formula is C6H12N6S2. The Bertz CT molecular complexity index is 265. The summed E-state index contributed by atoms with van der Waals surface area (Å²) >= 11 is 9.14. The van der Waals surface area contributed by atoms with Gasteiger partial charge in [-0.2, -0.15) is 10.2 Å². The number of hydrogen-bond acceptors (Lipinski definition) is 4. The molecule has 0 fully saturated rings. The topological polar surface area (TPSA) is 101 Å². The van der Waals surface area contributed by atoms with Gasteiger partial charge >= 0.3 is 0 Å². The maximum Gasteiger partial charge on any atom is 0.184 e. The minimum atomic E-state index is 0.0967. The van der Waals surface area contributed by atoms with E-state index in [4.69, 9.17) is 11.5 Å². The van der Waals surface area contributed by atoms with Gasteiger partial charge in [0.1, 0.15) is 0 Å². The summed E-state index contributed by atoms with van der Waals surface area (Å²) in [6.45, 7) is 3.48. The van der Waals surface area contributed by atoms with Crippen LogP contribution < -0.4 is 22.3 Å². The van der Waals surface area contributed by atoms with Crippen LogP contribution in [0.15, 0.2) is 10.2 Å². The number of nitrogens with zero attached hydrogens (tertiary/aromatic N) is 2. The van der Waals surface area contributed by atoms with Gasteiger partial charge in [0.05, 0.1) is 11.4 Å². The van der Waals surface area contributed by atoms with Crippen molar-refractivity contribution in [2.45, 2.75) is 13.8 Å². The van der Waals surface area contributed by atoms with E-state index in [0.717, 1.165) is 0 Å². The van der Waals surface area contributed by atoms with Crippen molar-refractivity contribution >= 4 is 46.1 Å². The first-order valence-corrected chi connectivity index (χ1v) is 4.45. The van der Waals surface area contributed by atoms with Crippen LogP contribution >= 0.6 is 24.4 Å². The van der Waals surface area contributed by atoms with E-state index in [1.165, 1.54) is 0 Å². The second-order valence-electron chi connectivity index (χ2n) is 2.35. The molecule has 0 aromatic carbocycles. The fraction of sp³-hybridized carbons (Fsp3) is 0.333. The summed E-state index contributed by atoms with van der Waals surface area (Å²) in [7, 11) is 0. The van der Waals surface area contributed by atoms with Gasteiger partial charge in [-0.1, -0.05) is 0 Å². The molecular weight excluding hydrogens is 220 g/mol. The zero-order chi connectivity index (χ0) is 11.1. The van der Waals surface area contributed by atoms with Crippen LogP contribution in [0.1, 0.15) is 13.8 Å². The highest BCUT2D eigenvalue weighted by Gasteiger charge is 1.96. The molecule has 0 aromatic rings. The molecule has 0 aliphatic carbocycles. The van der Waals surface area contributed by atoms with Crippen molar-refractivity contribution in [1.29, 1.82) is 0 Å². The molecule has 0 unspecified atom stereocenters. The number of nitrogens with two attached hydrogens (primary N) is 2. The Kier molecular flexibility index (Phi) is 5.65. The molecule has 0 atom stereocenters. The van der Waals surface area contributed by atoms with Crippen LogP contribution in [0.4, 0.5) is 0 Å². The average Bonchev–Trinajstić information content (AvgIpc) is 2.09. The monoisotopic (exact) mass is 232 g/mol. The van der Waals surface area contributed by atoms with Gasteiger partial charge in [0.25, 0.3) is 0 Å². The maximum absolute atomic E-state index is 5.18. The number of nitrogens with one attached hydrogen (secondary N) is 2. The molecule has 78 valence electrons. The lowest BCUT2D eigenvalue weighted by molar-refractivity contribution is 1.02. The SMILES string of the molecule is CC(=NNC(N)=S)/C(C)=N/NC(N)=S. The largest absolute Gasteiger partial charge is 0.375 e. The summed E-state index contributed by atoms with van der Waals surface area (Å²) in [5, 5.41) is 7.89. The van der Waals surface area contributed by atoms with Gasteiger partial charge in [0, 0.05) is 0 Å². The Balaban J connectivity index is 4.29. The van der Waals surface area contributed by atoms with E-state index >= 15 is 0 Å². The molecule has 0 aliphatic heterocycles. The lowest BCUT2D eigenvalue weighted by atomic mass is 10.3. The summed E-state index contributed by atoms with van der Waals surface area (Å²) in [5.41, 5.74) is 16.5. The van der Waals surface area contributed by atoms with Crippen LogP contribution in [0.5, 0.6) is 0 Å². The summed E-state index contributed by atoms with van der Waals surface area (Å²) in [4.78, 5) is 0. The van der Waals surface area contributed by atoms with Crippen molar-refractivity contribution < 1.29 is 0 Å². The summed E-state index contributed by atoms with van der Waals surface area (Å²) in [6.07, 6.45) is 0. The smallest absolute Gasteiger partial charge is 0.184 e. The Morgan fingerprint density at radius 2 is 1.21 bits per heavy atom. The predicted octanol–water partition coefficient (Wildman–Crippen LogP) is -0.595. The summed E-state index contributed by atoms with van der Waals surface area (Å²) in [5.74, 6) is 0. The van der Waals surface area contributed by atoms with Crippen LogP contribution in [0.2, 0.25) is 0 Å². The van der Waals surface area contributed by atoms with E-state index < -0.39 is 0 Å². The Morgan fingerprint density at radius 3 is 1.43 bits per heavy atom. The lowest BCUT2D eigenvalue weighted by Crippen LogP contribution is -2.28. The molecule has 0 bridgehead atoms. The van der Waals surface area contributed by atoms with Crippen LogP contribution in [-0.4, -0.2) is 21.6 Å². The molecule has 0 saturated heterocycles. The second kappa shape index (κ2) is 6.22. The Labute approximate surface area is 92.8 Å². The zero-order valence-electron chi connectivity index (χ0n) is 7.87. The van der Waals surface area contributed by atoms with Gasteiger partial charge in [0.2, 0.25) is 0 Å². The maximum atomic E-state index is 5.18. The van der Waals surface area contributed by atoms with Crippen molar-refractivity contribution in [3.63, 3.8) is 0 Å². The van der Waals surface area contributed by atoms with Gasteiger partial charge < -0.3 is 11.5 Å². The molecule has 6 nitrogen and oxygen atoms in total. The highest BCUT2D eigenvalue weighted by atomic mass is 32.1. The molecule has 6 N–H and O–H groups in total. The van der Waals surface area contributed by atoms with Gasteiger partial charge in [-0.05, 0) is 38.3 Å². The fourth-order valence-corrected chi connectivity index (χ4v) is 0.531. The third kappa shape index (κ3) is 6.26. The highest BCUT2D eigenvalue weighted by molar-refractivity contribution is 7.80. The minimum absolute atomic E-state index is 0.0967. The van der Waals surface area contributed by atoms with Gasteiger partial charge in [-0.15, -0.1) is 0 Å². The zero-order valence-corrected chi connectivity index (χ0v) is 9.50. The van der Waals surface area contributed by atoms with E-state index in [9.17, 15) is 0 Å². The molecule has 0 saturated carbocycles. The van der Waals surface area contributed by atoms with Crippen molar-refractivity contribution in [3.8, 4) is 0 Å². The molecule has 8 heteroatoms. The average molecular weight is 232 g/mol. The molecule has 0 aromatic heterocycles. The Morgan fingerprint density at radius 1 is 0.929 bits per heavy atom. The quantitative estimate of drug-likeness (QED) is 0.295. The van der Waals surface area contributed by atoms with Crippen molar-refractivity contribution in [1.82, 2.24) is 10.9 Å². The number of hydrogen-bond donors (Lipinski definition) is 4. The molecule has 0 rings (SSSR count). The van der Waals surface area contributed by atoms with E-state index in [1.54, 1.807) is 13.8 Å².